The maximum atomic E-state index is 12.8. The summed E-state index contributed by atoms with van der Waals surface area (Å²) >= 11 is 0. The number of methoxy groups -OCH3 is 2. The molecule has 5 aromatic rings. The molecule has 0 fully saturated rings. The lowest BCUT2D eigenvalue weighted by molar-refractivity contribution is 0.355. The molecular formula is C33H32N6O3. The van der Waals surface area contributed by atoms with Crippen LogP contribution in [0.25, 0.3) is 11.1 Å². The van der Waals surface area contributed by atoms with E-state index in [1.165, 1.54) is 4.57 Å². The van der Waals surface area contributed by atoms with Crippen LogP contribution in [-0.4, -0.2) is 23.8 Å². The molecule has 0 spiro atoms. The Labute approximate surface area is 244 Å². The number of rotatable bonds is 10. The summed E-state index contributed by atoms with van der Waals surface area (Å²) in [5.74, 6) is 1.87. The van der Waals surface area contributed by atoms with Gasteiger partial charge in [-0.3, -0.25) is 4.57 Å². The first-order valence-corrected chi connectivity index (χ1v) is 13.4. The smallest absolute Gasteiger partial charge is 0.350 e. The lowest BCUT2D eigenvalue weighted by Crippen LogP contribution is -2.31. The van der Waals surface area contributed by atoms with E-state index in [4.69, 9.17) is 15.2 Å². The highest BCUT2D eigenvalue weighted by atomic mass is 16.5. The molecule has 2 N–H and O–H groups in total. The van der Waals surface area contributed by atoms with Crippen molar-refractivity contribution in [2.75, 3.05) is 24.9 Å². The van der Waals surface area contributed by atoms with Crippen LogP contribution in [0, 0.1) is 0 Å². The van der Waals surface area contributed by atoms with E-state index < -0.39 is 5.69 Å². The summed E-state index contributed by atoms with van der Waals surface area (Å²) in [5.41, 5.74) is 10.9. The molecule has 0 aliphatic heterocycles. The van der Waals surface area contributed by atoms with Gasteiger partial charge in [0.05, 0.1) is 19.9 Å². The van der Waals surface area contributed by atoms with Crippen LogP contribution in [0.1, 0.15) is 11.1 Å². The molecule has 0 saturated heterocycles. The zero-order valence-corrected chi connectivity index (χ0v) is 23.8. The van der Waals surface area contributed by atoms with Crippen molar-refractivity contribution in [1.29, 1.82) is 0 Å². The second-order valence-electron chi connectivity index (χ2n) is 9.65. The largest absolute Gasteiger partial charge is 0.493 e. The number of hydrogen-bond donors (Lipinski definition) is 1. The summed E-state index contributed by atoms with van der Waals surface area (Å²) in [5, 5.41) is 9.01. The molecule has 1 heterocycles. The van der Waals surface area contributed by atoms with Gasteiger partial charge in [0, 0.05) is 20.1 Å². The van der Waals surface area contributed by atoms with Crippen LogP contribution in [0.3, 0.4) is 0 Å². The van der Waals surface area contributed by atoms with Crippen LogP contribution in [0.5, 0.6) is 11.5 Å². The number of nitrogens with two attached hydrogens (primary N) is 1. The second-order valence-corrected chi connectivity index (χ2v) is 9.65. The first kappa shape index (κ1) is 28.1. The molecule has 0 amide bonds. The van der Waals surface area contributed by atoms with E-state index in [9.17, 15) is 4.79 Å². The fraction of sp³-hybridized carbons (Fsp3) is 0.152. The van der Waals surface area contributed by atoms with Gasteiger partial charge in [0.15, 0.2) is 23.0 Å². The van der Waals surface area contributed by atoms with E-state index >= 15 is 0 Å². The van der Waals surface area contributed by atoms with Crippen LogP contribution in [-0.2, 0) is 20.1 Å². The number of benzene rings is 4. The predicted octanol–water partition coefficient (Wildman–Crippen LogP) is 6.67. The van der Waals surface area contributed by atoms with E-state index in [0.29, 0.717) is 41.8 Å². The Morgan fingerprint density at radius 3 is 1.90 bits per heavy atom. The highest BCUT2D eigenvalue weighted by Crippen LogP contribution is 2.36. The van der Waals surface area contributed by atoms with Crippen LogP contribution in [0.2, 0.25) is 0 Å². The molecule has 42 heavy (non-hydrogen) atoms. The molecule has 9 heteroatoms. The number of anilines is 2. The maximum absolute atomic E-state index is 12.8. The Bertz CT molecular complexity index is 1700. The lowest BCUT2D eigenvalue weighted by atomic mass is 10.0. The molecule has 0 unspecified atom stereocenters. The number of ether oxygens (including phenoxy) is 2. The average Bonchev–Trinajstić information content (AvgIpc) is 3.02. The number of aromatic nitrogens is 2. The van der Waals surface area contributed by atoms with Crippen LogP contribution in [0.15, 0.2) is 118 Å². The zero-order chi connectivity index (χ0) is 29.5. The van der Waals surface area contributed by atoms with Crippen molar-refractivity contribution in [1.82, 2.24) is 9.55 Å². The normalized spacial score (nSPS) is 11.0. The molecule has 212 valence electrons. The topological polar surface area (TPSA) is 107 Å². The van der Waals surface area contributed by atoms with Gasteiger partial charge in [-0.15, -0.1) is 5.11 Å². The minimum absolute atomic E-state index is 0.0184. The number of nitrogens with zero attached hydrogens (tertiary/aromatic N) is 5. The number of hydrogen-bond acceptors (Lipinski definition) is 8. The summed E-state index contributed by atoms with van der Waals surface area (Å²) in [4.78, 5) is 18.9. The first-order valence-electron chi connectivity index (χ1n) is 13.4. The van der Waals surface area contributed by atoms with E-state index in [1.54, 1.807) is 21.3 Å². The Balaban J connectivity index is 1.50. The van der Waals surface area contributed by atoms with Crippen LogP contribution in [0.4, 0.5) is 23.0 Å². The van der Waals surface area contributed by atoms with Crippen molar-refractivity contribution >= 4 is 23.0 Å². The quantitative estimate of drug-likeness (QED) is 0.191. The Kier molecular flexibility index (Phi) is 8.58. The van der Waals surface area contributed by atoms with E-state index in [1.807, 2.05) is 103 Å². The highest BCUT2D eigenvalue weighted by Gasteiger charge is 2.21. The van der Waals surface area contributed by atoms with Crippen molar-refractivity contribution in [3.8, 4) is 22.6 Å². The molecule has 0 bridgehead atoms. The summed E-state index contributed by atoms with van der Waals surface area (Å²) in [6.07, 6.45) is 0. The maximum Gasteiger partial charge on any atom is 0.350 e. The van der Waals surface area contributed by atoms with Gasteiger partial charge in [0.1, 0.15) is 5.82 Å². The van der Waals surface area contributed by atoms with Gasteiger partial charge >= 0.3 is 5.69 Å². The summed E-state index contributed by atoms with van der Waals surface area (Å²) < 4.78 is 12.3. The third-order valence-corrected chi connectivity index (χ3v) is 6.86. The van der Waals surface area contributed by atoms with Crippen LogP contribution >= 0.6 is 0 Å². The molecule has 0 atom stereocenters. The minimum atomic E-state index is -0.466. The zero-order valence-electron chi connectivity index (χ0n) is 23.8. The third-order valence-electron chi connectivity index (χ3n) is 6.86. The average molecular weight is 561 g/mol. The first-order chi connectivity index (χ1) is 20.5. The van der Waals surface area contributed by atoms with Gasteiger partial charge in [0.2, 0.25) is 0 Å². The van der Waals surface area contributed by atoms with Gasteiger partial charge in [0.25, 0.3) is 0 Å². The molecule has 9 nitrogen and oxygen atoms in total. The SMILES string of the molecule is COc1ccc(-c2ccc(N=Nc3c(N)nc(=O)n(C)c3N(Cc3ccccc3)Cc3ccccc3)cc2)cc1OC. The molecule has 0 radical (unpaired) electrons. The van der Waals surface area contributed by atoms with Gasteiger partial charge in [-0.05, 0) is 46.5 Å². The second kappa shape index (κ2) is 12.8. The molecule has 4 aromatic carbocycles. The fourth-order valence-corrected chi connectivity index (χ4v) is 4.71. The summed E-state index contributed by atoms with van der Waals surface area (Å²) in [6.45, 7) is 1.05. The highest BCUT2D eigenvalue weighted by molar-refractivity contribution is 5.73. The van der Waals surface area contributed by atoms with Crippen LogP contribution < -0.4 is 25.8 Å². The number of nitrogen functional groups attached to an aromatic ring is 1. The minimum Gasteiger partial charge on any atom is -0.493 e. The van der Waals surface area contributed by atoms with E-state index in [0.717, 1.165) is 22.3 Å². The van der Waals surface area contributed by atoms with Crippen molar-refractivity contribution in [3.05, 3.63) is 125 Å². The monoisotopic (exact) mass is 560 g/mol. The Hall–Kier alpha value is -5.44. The predicted molar refractivity (Wildman–Crippen MR) is 166 cm³/mol. The third kappa shape index (κ3) is 6.31. The molecule has 0 aliphatic rings. The molecule has 0 aliphatic carbocycles. The van der Waals surface area contributed by atoms with Gasteiger partial charge in [-0.25, -0.2) is 4.79 Å². The molecular weight excluding hydrogens is 528 g/mol. The summed E-state index contributed by atoms with van der Waals surface area (Å²) in [6, 6.07) is 33.5. The lowest BCUT2D eigenvalue weighted by Gasteiger charge is -2.28. The van der Waals surface area contributed by atoms with Crippen molar-refractivity contribution in [2.45, 2.75) is 13.1 Å². The molecule has 1 aromatic heterocycles. The van der Waals surface area contributed by atoms with Gasteiger partial charge < -0.3 is 20.1 Å². The Morgan fingerprint density at radius 2 is 1.33 bits per heavy atom. The molecule has 5 rings (SSSR count). The van der Waals surface area contributed by atoms with Gasteiger partial charge in [-0.2, -0.15) is 10.1 Å². The van der Waals surface area contributed by atoms with Crippen molar-refractivity contribution in [2.24, 2.45) is 17.3 Å². The van der Waals surface area contributed by atoms with E-state index in [-0.39, 0.29) is 5.82 Å². The van der Waals surface area contributed by atoms with Crippen molar-refractivity contribution < 1.29 is 9.47 Å². The van der Waals surface area contributed by atoms with Gasteiger partial charge in [-0.1, -0.05) is 78.9 Å². The Morgan fingerprint density at radius 1 is 0.762 bits per heavy atom. The van der Waals surface area contributed by atoms with E-state index in [2.05, 4.69) is 20.1 Å². The summed E-state index contributed by atoms with van der Waals surface area (Å²) in [7, 11) is 4.89. The molecule has 0 saturated carbocycles. The number of azo groups is 1. The standard InChI is InChI=1S/C33H32N6O3/c1-38-32(39(21-23-10-6-4-7-11-23)22-24-12-8-5-9-13-24)30(31(34)35-33(38)40)37-36-27-17-14-25(15-18-27)26-16-19-28(41-2)29(20-26)42-3/h4-20H,21-22H2,1-3H3,(H2,34,35,40). The van der Waals surface area contributed by atoms with Crippen molar-refractivity contribution in [3.63, 3.8) is 0 Å². The fourth-order valence-electron chi connectivity index (χ4n) is 4.71.